The largest absolute Gasteiger partial charge is 0.238 e. The van der Waals surface area contributed by atoms with Gasteiger partial charge in [-0.05, 0) is 17.3 Å². The molecular formula is C8H9N5O4S2. The first-order valence-corrected chi connectivity index (χ1v) is 8.25. The van der Waals surface area contributed by atoms with E-state index in [2.05, 4.69) is 20.6 Å². The second-order valence-corrected chi connectivity index (χ2v) is 7.20. The lowest BCUT2D eigenvalue weighted by Crippen LogP contribution is -2.15. The molecule has 0 aliphatic heterocycles. The zero-order chi connectivity index (χ0) is 14.3. The van der Waals surface area contributed by atoms with Crippen LogP contribution in [0.4, 0.5) is 0 Å². The monoisotopic (exact) mass is 303 g/mol. The van der Waals surface area contributed by atoms with Crippen molar-refractivity contribution in [3.63, 3.8) is 0 Å². The molecule has 1 aromatic carbocycles. The number of benzene rings is 1. The van der Waals surface area contributed by atoms with Gasteiger partial charge in [-0.15, -0.1) is 10.2 Å². The molecule has 0 saturated heterocycles. The molecule has 0 aliphatic rings. The molecule has 0 bridgehead atoms. The van der Waals surface area contributed by atoms with E-state index in [0.717, 1.165) is 6.26 Å². The highest BCUT2D eigenvalue weighted by atomic mass is 32.2. The highest BCUT2D eigenvalue weighted by Crippen LogP contribution is 2.30. The Bertz CT molecular complexity index is 761. The van der Waals surface area contributed by atoms with E-state index >= 15 is 0 Å². The summed E-state index contributed by atoms with van der Waals surface area (Å²) in [6.45, 7) is 0. The maximum Gasteiger partial charge on any atom is 0.238 e. The van der Waals surface area contributed by atoms with Gasteiger partial charge in [-0.3, -0.25) is 0 Å². The molecule has 2 aromatic rings. The van der Waals surface area contributed by atoms with E-state index in [0.29, 0.717) is 0 Å². The zero-order valence-corrected chi connectivity index (χ0v) is 11.2. The third-order valence-corrected chi connectivity index (χ3v) is 4.36. The van der Waals surface area contributed by atoms with Gasteiger partial charge in [-0.25, -0.2) is 22.0 Å². The lowest BCUT2D eigenvalue weighted by molar-refractivity contribution is 0.597. The van der Waals surface area contributed by atoms with Gasteiger partial charge in [0.1, 0.15) is 0 Å². The number of sulfone groups is 1. The lowest BCUT2D eigenvalue weighted by Gasteiger charge is -2.08. The van der Waals surface area contributed by atoms with Crippen molar-refractivity contribution in [2.75, 3.05) is 6.26 Å². The Labute approximate surface area is 108 Å². The minimum atomic E-state index is -4.13. The number of sulfonamides is 1. The molecule has 2 rings (SSSR count). The van der Waals surface area contributed by atoms with Gasteiger partial charge in [0.2, 0.25) is 15.8 Å². The fourth-order valence-electron chi connectivity index (χ4n) is 1.55. The molecule has 0 atom stereocenters. The van der Waals surface area contributed by atoms with Crippen molar-refractivity contribution in [1.82, 2.24) is 20.6 Å². The van der Waals surface area contributed by atoms with Crippen LogP contribution in [-0.4, -0.2) is 43.7 Å². The molecule has 3 N–H and O–H groups in total. The Morgan fingerprint density at radius 3 is 2.26 bits per heavy atom. The van der Waals surface area contributed by atoms with Crippen molar-refractivity contribution >= 4 is 19.9 Å². The average molecular weight is 303 g/mol. The van der Waals surface area contributed by atoms with Gasteiger partial charge in [0.05, 0.1) is 15.4 Å². The molecule has 0 radical (unpaired) electrons. The van der Waals surface area contributed by atoms with E-state index in [-0.39, 0.29) is 21.2 Å². The minimum Gasteiger partial charge on any atom is -0.225 e. The molecule has 9 nitrogen and oxygen atoms in total. The van der Waals surface area contributed by atoms with Crippen molar-refractivity contribution in [2.45, 2.75) is 9.79 Å². The smallest absolute Gasteiger partial charge is 0.225 e. The van der Waals surface area contributed by atoms with Crippen LogP contribution >= 0.6 is 0 Å². The van der Waals surface area contributed by atoms with Gasteiger partial charge in [-0.1, -0.05) is 6.07 Å². The van der Waals surface area contributed by atoms with E-state index in [1.807, 2.05) is 0 Å². The topological polar surface area (TPSA) is 149 Å². The van der Waals surface area contributed by atoms with Gasteiger partial charge in [0, 0.05) is 6.26 Å². The summed E-state index contributed by atoms with van der Waals surface area (Å²) in [6, 6.07) is 3.70. The molecule has 0 fully saturated rings. The van der Waals surface area contributed by atoms with Crippen LogP contribution in [0.25, 0.3) is 11.4 Å². The Morgan fingerprint density at radius 1 is 1.16 bits per heavy atom. The molecule has 1 aromatic heterocycles. The molecule has 102 valence electrons. The van der Waals surface area contributed by atoms with Crippen molar-refractivity contribution in [3.05, 3.63) is 18.2 Å². The van der Waals surface area contributed by atoms with Crippen molar-refractivity contribution in [3.8, 4) is 11.4 Å². The van der Waals surface area contributed by atoms with Crippen molar-refractivity contribution < 1.29 is 16.8 Å². The number of hydrogen-bond acceptors (Lipinski definition) is 7. The Balaban J connectivity index is 2.94. The summed E-state index contributed by atoms with van der Waals surface area (Å²) in [6.07, 6.45) is 0.943. The van der Waals surface area contributed by atoms with Crippen LogP contribution in [0.5, 0.6) is 0 Å². The summed E-state index contributed by atoms with van der Waals surface area (Å²) < 4.78 is 46.5. The molecule has 19 heavy (non-hydrogen) atoms. The van der Waals surface area contributed by atoms with Crippen LogP contribution < -0.4 is 5.14 Å². The zero-order valence-electron chi connectivity index (χ0n) is 9.60. The Morgan fingerprint density at radius 2 is 1.79 bits per heavy atom. The SMILES string of the molecule is CS(=O)(=O)c1cccc(S(N)(=O)=O)c1-c1nn[nH]n1. The van der Waals surface area contributed by atoms with E-state index in [4.69, 9.17) is 5.14 Å². The number of aromatic nitrogens is 4. The number of rotatable bonds is 3. The summed E-state index contributed by atoms with van der Waals surface area (Å²) in [5.74, 6) is -0.162. The molecule has 0 saturated carbocycles. The highest BCUT2D eigenvalue weighted by molar-refractivity contribution is 7.91. The van der Waals surface area contributed by atoms with Gasteiger partial charge < -0.3 is 0 Å². The average Bonchev–Trinajstić information content (AvgIpc) is 2.78. The highest BCUT2D eigenvalue weighted by Gasteiger charge is 2.25. The minimum absolute atomic E-state index is 0.162. The second kappa shape index (κ2) is 4.36. The van der Waals surface area contributed by atoms with Crippen LogP contribution in [0.3, 0.4) is 0 Å². The Kier molecular flexibility index (Phi) is 3.12. The van der Waals surface area contributed by atoms with Gasteiger partial charge >= 0.3 is 0 Å². The van der Waals surface area contributed by atoms with Crippen LogP contribution in [0.1, 0.15) is 0 Å². The number of H-pyrrole nitrogens is 1. The normalized spacial score (nSPS) is 12.5. The second-order valence-electron chi connectivity index (χ2n) is 3.68. The van der Waals surface area contributed by atoms with Gasteiger partial charge in [0.15, 0.2) is 9.84 Å². The quantitative estimate of drug-likeness (QED) is 0.732. The fraction of sp³-hybridized carbons (Fsp3) is 0.125. The van der Waals surface area contributed by atoms with E-state index < -0.39 is 19.9 Å². The first kappa shape index (κ1) is 13.6. The number of nitrogens with zero attached hydrogens (tertiary/aromatic N) is 3. The maximum atomic E-state index is 11.7. The van der Waals surface area contributed by atoms with Crippen molar-refractivity contribution in [1.29, 1.82) is 0 Å². The lowest BCUT2D eigenvalue weighted by atomic mass is 10.2. The summed E-state index contributed by atoms with van der Waals surface area (Å²) in [4.78, 5) is -0.614. The summed E-state index contributed by atoms with van der Waals surface area (Å²) >= 11 is 0. The number of tetrazole rings is 1. The first-order chi connectivity index (χ1) is 8.71. The number of nitrogens with two attached hydrogens (primary N) is 1. The summed E-state index contributed by atoms with van der Waals surface area (Å²) in [5.41, 5.74) is -0.193. The molecule has 0 aliphatic carbocycles. The molecule has 0 unspecified atom stereocenters. The fourth-order valence-corrected chi connectivity index (χ4v) is 3.26. The third kappa shape index (κ3) is 2.62. The molecule has 0 spiro atoms. The van der Waals surface area contributed by atoms with Crippen LogP contribution in [0.15, 0.2) is 28.0 Å². The van der Waals surface area contributed by atoms with E-state index in [1.165, 1.54) is 18.2 Å². The maximum absolute atomic E-state index is 11.7. The van der Waals surface area contributed by atoms with Crippen LogP contribution in [-0.2, 0) is 19.9 Å². The predicted octanol–water partition coefficient (Wildman–Crippen LogP) is -1.08. The van der Waals surface area contributed by atoms with Crippen molar-refractivity contribution in [2.24, 2.45) is 5.14 Å². The van der Waals surface area contributed by atoms with E-state index in [9.17, 15) is 16.8 Å². The third-order valence-electron chi connectivity index (χ3n) is 2.26. The number of hydrogen-bond donors (Lipinski definition) is 2. The van der Waals surface area contributed by atoms with Crippen LogP contribution in [0, 0.1) is 0 Å². The first-order valence-electron chi connectivity index (χ1n) is 4.81. The van der Waals surface area contributed by atoms with Gasteiger partial charge in [0.25, 0.3) is 0 Å². The number of aromatic amines is 1. The molecular weight excluding hydrogens is 294 g/mol. The summed E-state index contributed by atoms with van der Waals surface area (Å²) in [7, 11) is -7.81. The van der Waals surface area contributed by atoms with Gasteiger partial charge in [-0.2, -0.15) is 5.21 Å². The number of primary sulfonamides is 1. The molecule has 0 amide bonds. The standard InChI is InChI=1S/C8H9N5O4S2/c1-18(14,15)5-3-2-4-6(19(9,16)17)7(5)8-10-12-13-11-8/h2-4H,1H3,(H2,9,16,17)(H,10,11,12,13). The molecule has 11 heteroatoms. The molecule has 1 heterocycles. The Hall–Kier alpha value is -1.85. The van der Waals surface area contributed by atoms with E-state index in [1.54, 1.807) is 0 Å². The number of nitrogens with one attached hydrogen (secondary N) is 1. The van der Waals surface area contributed by atoms with Crippen LogP contribution in [0.2, 0.25) is 0 Å². The summed E-state index contributed by atoms with van der Waals surface area (Å²) in [5, 5.41) is 17.7. The predicted molar refractivity (Wildman–Crippen MR) is 64.1 cm³/mol.